The second-order valence-corrected chi connectivity index (χ2v) is 6.24. The second kappa shape index (κ2) is 6.89. The Morgan fingerprint density at radius 1 is 1.61 bits per heavy atom. The van der Waals surface area contributed by atoms with Crippen LogP contribution in [0.15, 0.2) is 22.7 Å². The average Bonchev–Trinajstić information content (AvgIpc) is 2.41. The number of ether oxygens (including phenoxy) is 1. The third kappa shape index (κ3) is 3.47. The highest BCUT2D eigenvalue weighted by atomic mass is 79.9. The molecule has 2 rings (SSSR count). The van der Waals surface area contributed by atoms with E-state index >= 15 is 0 Å². The molecule has 2 unspecified atom stereocenters. The summed E-state index contributed by atoms with van der Waals surface area (Å²) in [6, 6.07) is 5.39. The Morgan fingerprint density at radius 3 is 3.11 bits per heavy atom. The summed E-state index contributed by atoms with van der Waals surface area (Å²) in [6.45, 7) is 0.803. The molecule has 0 amide bonds. The van der Waals surface area contributed by atoms with E-state index in [4.69, 9.17) is 4.74 Å². The van der Waals surface area contributed by atoms with E-state index in [9.17, 15) is 4.39 Å². The molecule has 1 fully saturated rings. The number of likely N-dealkylation sites (N-methyl/N-ethyl adjacent to an activating group) is 1. The van der Waals surface area contributed by atoms with Crippen LogP contribution >= 0.6 is 27.7 Å². The van der Waals surface area contributed by atoms with Gasteiger partial charge in [0.05, 0.1) is 17.2 Å². The molecule has 0 bridgehead atoms. The Labute approximate surface area is 120 Å². The summed E-state index contributed by atoms with van der Waals surface area (Å²) in [7, 11) is 1.93. The zero-order valence-electron chi connectivity index (χ0n) is 10.3. The van der Waals surface area contributed by atoms with Crippen molar-refractivity contribution in [3.05, 3.63) is 34.1 Å². The number of thioether (sulfide) groups is 1. The van der Waals surface area contributed by atoms with E-state index in [-0.39, 0.29) is 18.0 Å². The molecule has 5 heteroatoms. The molecule has 1 saturated heterocycles. The highest BCUT2D eigenvalue weighted by molar-refractivity contribution is 9.10. The van der Waals surface area contributed by atoms with Gasteiger partial charge in [0.15, 0.2) is 0 Å². The van der Waals surface area contributed by atoms with Crippen LogP contribution in [0.3, 0.4) is 0 Å². The largest absolute Gasteiger partial charge is 0.375 e. The minimum Gasteiger partial charge on any atom is -0.375 e. The molecule has 0 saturated carbocycles. The molecular formula is C13H17BrFNOS. The molecule has 1 aromatic carbocycles. The van der Waals surface area contributed by atoms with Gasteiger partial charge in [-0.2, -0.15) is 11.8 Å². The van der Waals surface area contributed by atoms with Gasteiger partial charge in [0, 0.05) is 17.5 Å². The number of halogens is 2. The van der Waals surface area contributed by atoms with Gasteiger partial charge in [-0.25, -0.2) is 4.39 Å². The molecule has 1 N–H and O–H groups in total. The fourth-order valence-corrected chi connectivity index (χ4v) is 3.47. The molecule has 0 radical (unpaired) electrons. The molecule has 1 aliphatic heterocycles. The van der Waals surface area contributed by atoms with E-state index in [1.54, 1.807) is 6.07 Å². The Bertz CT molecular complexity index is 399. The maximum absolute atomic E-state index is 13.5. The zero-order valence-corrected chi connectivity index (χ0v) is 12.7. The number of rotatable bonds is 4. The van der Waals surface area contributed by atoms with Crippen molar-refractivity contribution in [3.63, 3.8) is 0 Å². The van der Waals surface area contributed by atoms with E-state index in [0.717, 1.165) is 30.1 Å². The van der Waals surface area contributed by atoms with Gasteiger partial charge in [0.25, 0.3) is 0 Å². The van der Waals surface area contributed by atoms with Crippen LogP contribution in [0, 0.1) is 5.82 Å². The lowest BCUT2D eigenvalue weighted by Gasteiger charge is -2.30. The summed E-state index contributed by atoms with van der Waals surface area (Å²) in [5, 5.41) is 3.29. The van der Waals surface area contributed by atoms with Crippen LogP contribution in [0.25, 0.3) is 0 Å². The van der Waals surface area contributed by atoms with E-state index < -0.39 is 0 Å². The Hall–Kier alpha value is -0.100. The number of hydrogen-bond acceptors (Lipinski definition) is 3. The summed E-state index contributed by atoms with van der Waals surface area (Å²) >= 11 is 5.23. The fraction of sp³-hybridized carbons (Fsp3) is 0.538. The van der Waals surface area contributed by atoms with Gasteiger partial charge >= 0.3 is 0 Å². The summed E-state index contributed by atoms with van der Waals surface area (Å²) in [5.41, 5.74) is 0.980. The molecule has 1 aromatic rings. The molecule has 1 heterocycles. The average molecular weight is 334 g/mol. The molecular weight excluding hydrogens is 317 g/mol. The van der Waals surface area contributed by atoms with Crippen LogP contribution in [0.1, 0.15) is 5.56 Å². The predicted molar refractivity (Wildman–Crippen MR) is 77.7 cm³/mol. The number of nitrogens with one attached hydrogen (secondary N) is 1. The van der Waals surface area contributed by atoms with Gasteiger partial charge in [-0.05, 0) is 41.0 Å². The molecule has 2 atom stereocenters. The lowest BCUT2D eigenvalue weighted by Crippen LogP contribution is -2.44. The normalized spacial score (nSPS) is 21.8. The molecule has 18 heavy (non-hydrogen) atoms. The van der Waals surface area contributed by atoms with Crippen molar-refractivity contribution in [3.8, 4) is 0 Å². The van der Waals surface area contributed by atoms with Crippen molar-refractivity contribution >= 4 is 27.7 Å². The van der Waals surface area contributed by atoms with E-state index in [0.29, 0.717) is 4.47 Å². The number of hydrogen-bond donors (Lipinski definition) is 1. The third-order valence-corrected chi connectivity index (χ3v) is 5.04. The van der Waals surface area contributed by atoms with E-state index in [2.05, 4.69) is 21.2 Å². The highest BCUT2D eigenvalue weighted by Gasteiger charge is 2.24. The Kier molecular flexibility index (Phi) is 5.48. The molecule has 0 spiro atoms. The summed E-state index contributed by atoms with van der Waals surface area (Å²) in [6.07, 6.45) is 0.962. The molecule has 0 aliphatic carbocycles. The quantitative estimate of drug-likeness (QED) is 0.915. The maximum atomic E-state index is 13.5. The van der Waals surface area contributed by atoms with Crippen molar-refractivity contribution in [1.29, 1.82) is 0 Å². The van der Waals surface area contributed by atoms with Crippen LogP contribution in [-0.2, 0) is 11.2 Å². The molecule has 0 aromatic heterocycles. The van der Waals surface area contributed by atoms with Gasteiger partial charge in [-0.15, -0.1) is 0 Å². The van der Waals surface area contributed by atoms with Crippen LogP contribution in [0.2, 0.25) is 0 Å². The van der Waals surface area contributed by atoms with E-state index in [1.165, 1.54) is 6.07 Å². The molecule has 1 aliphatic rings. The van der Waals surface area contributed by atoms with Crippen LogP contribution in [-0.4, -0.2) is 37.3 Å². The summed E-state index contributed by atoms with van der Waals surface area (Å²) in [4.78, 5) is 0. The fourth-order valence-electron chi connectivity index (χ4n) is 2.10. The first-order valence-electron chi connectivity index (χ1n) is 6.02. The first kappa shape index (κ1) is 14.3. The summed E-state index contributed by atoms with van der Waals surface area (Å²) in [5.74, 6) is 1.86. The summed E-state index contributed by atoms with van der Waals surface area (Å²) < 4.78 is 19.8. The van der Waals surface area contributed by atoms with Gasteiger partial charge in [-0.1, -0.05) is 12.1 Å². The zero-order chi connectivity index (χ0) is 13.0. The first-order chi connectivity index (χ1) is 8.72. The Morgan fingerprint density at radius 2 is 2.44 bits per heavy atom. The molecule has 2 nitrogen and oxygen atoms in total. The van der Waals surface area contributed by atoms with Crippen LogP contribution in [0.5, 0.6) is 0 Å². The van der Waals surface area contributed by atoms with Gasteiger partial charge in [0.1, 0.15) is 5.82 Å². The van der Waals surface area contributed by atoms with Crippen molar-refractivity contribution in [1.82, 2.24) is 5.32 Å². The maximum Gasteiger partial charge on any atom is 0.137 e. The minimum atomic E-state index is -0.207. The lowest BCUT2D eigenvalue weighted by molar-refractivity contribution is 0.0491. The van der Waals surface area contributed by atoms with Gasteiger partial charge < -0.3 is 10.1 Å². The van der Waals surface area contributed by atoms with Crippen LogP contribution < -0.4 is 5.32 Å². The first-order valence-corrected chi connectivity index (χ1v) is 7.96. The molecule has 100 valence electrons. The van der Waals surface area contributed by atoms with Gasteiger partial charge in [0.2, 0.25) is 0 Å². The highest BCUT2D eigenvalue weighted by Crippen LogP contribution is 2.24. The van der Waals surface area contributed by atoms with Crippen molar-refractivity contribution < 1.29 is 9.13 Å². The lowest BCUT2D eigenvalue weighted by atomic mass is 10.0. The monoisotopic (exact) mass is 333 g/mol. The topological polar surface area (TPSA) is 21.3 Å². The standard InChI is InChI=1S/C13H17BrFNOS/c1-16-11(12-8-18-6-5-17-12)7-9-3-2-4-10(15)13(9)14/h2-4,11-12,16H,5-8H2,1H3. The van der Waals surface area contributed by atoms with Crippen molar-refractivity contribution in [2.75, 3.05) is 25.2 Å². The SMILES string of the molecule is CNC(Cc1cccc(F)c1Br)C1CSCCO1. The second-order valence-electron chi connectivity index (χ2n) is 4.30. The van der Waals surface area contributed by atoms with Gasteiger partial charge in [-0.3, -0.25) is 0 Å². The minimum absolute atomic E-state index is 0.198. The van der Waals surface area contributed by atoms with Crippen molar-refractivity contribution in [2.45, 2.75) is 18.6 Å². The Balaban J connectivity index is 2.07. The predicted octanol–water partition coefficient (Wildman–Crippen LogP) is 2.85. The van der Waals surface area contributed by atoms with Crippen molar-refractivity contribution in [2.24, 2.45) is 0 Å². The van der Waals surface area contributed by atoms with Crippen LogP contribution in [0.4, 0.5) is 4.39 Å². The number of benzene rings is 1. The van der Waals surface area contributed by atoms with E-state index in [1.807, 2.05) is 24.9 Å². The third-order valence-electron chi connectivity index (χ3n) is 3.13. The smallest absolute Gasteiger partial charge is 0.137 e.